The van der Waals surface area contributed by atoms with Crippen molar-refractivity contribution in [3.8, 4) is 11.5 Å². The van der Waals surface area contributed by atoms with Gasteiger partial charge >= 0.3 is 0 Å². The lowest BCUT2D eigenvalue weighted by molar-refractivity contribution is 0.351. The molecule has 20 heavy (non-hydrogen) atoms. The van der Waals surface area contributed by atoms with E-state index < -0.39 is 0 Å². The molecule has 1 atom stereocenters. The van der Waals surface area contributed by atoms with Crippen LogP contribution in [0.1, 0.15) is 18.4 Å². The van der Waals surface area contributed by atoms with Crippen molar-refractivity contribution in [2.24, 2.45) is 0 Å². The van der Waals surface area contributed by atoms with E-state index in [1.165, 1.54) is 23.8 Å². The molecule has 4 heteroatoms. The molecule has 2 rings (SSSR count). The maximum absolute atomic E-state index is 9.60. The standard InChI is InChI=1S/C16H19O3P/c17-14-9-10-15(18)16(12-14)20-19-11-5-4-8-13-6-2-1-3-7-13/h1-3,6-7,9-10,12,17-18,20H,4-5,8,11H2. The highest BCUT2D eigenvalue weighted by atomic mass is 31.1. The zero-order valence-corrected chi connectivity index (χ0v) is 12.2. The summed E-state index contributed by atoms with van der Waals surface area (Å²) in [5.74, 6) is 0.323. The third kappa shape index (κ3) is 4.84. The van der Waals surface area contributed by atoms with Gasteiger partial charge in [-0.05, 0) is 43.0 Å². The summed E-state index contributed by atoms with van der Waals surface area (Å²) in [5.41, 5.74) is 1.35. The summed E-state index contributed by atoms with van der Waals surface area (Å²) < 4.78 is 5.55. The number of phenolic OH excluding ortho intramolecular Hbond substituents is 2. The van der Waals surface area contributed by atoms with Crippen molar-refractivity contribution in [3.63, 3.8) is 0 Å². The predicted octanol–water partition coefficient (Wildman–Crippen LogP) is 3.36. The molecule has 2 aromatic carbocycles. The number of unbranched alkanes of at least 4 members (excludes halogenated alkanes) is 1. The minimum atomic E-state index is 0.0675. The first-order valence-electron chi connectivity index (χ1n) is 6.69. The van der Waals surface area contributed by atoms with E-state index in [0.717, 1.165) is 19.3 Å². The summed E-state index contributed by atoms with van der Waals surface area (Å²) in [7, 11) is 0.0675. The number of phenols is 2. The van der Waals surface area contributed by atoms with Gasteiger partial charge in [-0.15, -0.1) is 0 Å². The molecule has 0 fully saturated rings. The quantitative estimate of drug-likeness (QED) is 0.467. The number of benzene rings is 2. The van der Waals surface area contributed by atoms with Gasteiger partial charge in [0.2, 0.25) is 0 Å². The van der Waals surface area contributed by atoms with Crippen molar-refractivity contribution >= 4 is 14.1 Å². The highest BCUT2D eigenvalue weighted by molar-refractivity contribution is 7.42. The summed E-state index contributed by atoms with van der Waals surface area (Å²) in [4.78, 5) is 0. The lowest BCUT2D eigenvalue weighted by atomic mass is 10.1. The third-order valence-corrected chi connectivity index (χ3v) is 3.94. The average Bonchev–Trinajstić information content (AvgIpc) is 2.47. The van der Waals surface area contributed by atoms with Crippen LogP contribution in [0.2, 0.25) is 0 Å². The normalized spacial score (nSPS) is 11.2. The van der Waals surface area contributed by atoms with E-state index in [2.05, 4.69) is 24.3 Å². The van der Waals surface area contributed by atoms with Crippen LogP contribution in [-0.4, -0.2) is 16.8 Å². The lowest BCUT2D eigenvalue weighted by Crippen LogP contribution is -1.97. The molecule has 0 aliphatic heterocycles. The molecule has 0 aliphatic rings. The summed E-state index contributed by atoms with van der Waals surface area (Å²) in [6.07, 6.45) is 3.13. The molecule has 2 aromatic rings. The molecule has 0 amide bonds. The van der Waals surface area contributed by atoms with E-state index in [1.54, 1.807) is 0 Å². The van der Waals surface area contributed by atoms with E-state index in [0.29, 0.717) is 11.9 Å². The van der Waals surface area contributed by atoms with Crippen molar-refractivity contribution in [2.75, 3.05) is 6.61 Å². The molecule has 0 saturated carbocycles. The van der Waals surface area contributed by atoms with Gasteiger partial charge < -0.3 is 14.7 Å². The van der Waals surface area contributed by atoms with Gasteiger partial charge in [-0.25, -0.2) is 0 Å². The molecule has 2 N–H and O–H groups in total. The monoisotopic (exact) mass is 290 g/mol. The summed E-state index contributed by atoms with van der Waals surface area (Å²) >= 11 is 0. The fourth-order valence-electron chi connectivity index (χ4n) is 1.88. The number of hydrogen-bond donors (Lipinski definition) is 2. The Hall–Kier alpha value is -1.57. The Labute approximate surface area is 121 Å². The minimum absolute atomic E-state index is 0.0675. The topological polar surface area (TPSA) is 49.7 Å². The highest BCUT2D eigenvalue weighted by Crippen LogP contribution is 2.23. The van der Waals surface area contributed by atoms with Crippen LogP contribution >= 0.6 is 8.81 Å². The molecular formula is C16H19O3P. The summed E-state index contributed by atoms with van der Waals surface area (Å²) in [5, 5.41) is 19.6. The first-order chi connectivity index (χ1) is 9.75. The Morgan fingerprint density at radius 3 is 2.55 bits per heavy atom. The number of aromatic hydroxyl groups is 2. The minimum Gasteiger partial charge on any atom is -0.508 e. The van der Waals surface area contributed by atoms with Crippen molar-refractivity contribution in [1.82, 2.24) is 0 Å². The van der Waals surface area contributed by atoms with Crippen molar-refractivity contribution in [3.05, 3.63) is 54.1 Å². The van der Waals surface area contributed by atoms with Crippen molar-refractivity contribution in [2.45, 2.75) is 19.3 Å². The molecule has 0 aromatic heterocycles. The van der Waals surface area contributed by atoms with Crippen LogP contribution in [0.4, 0.5) is 0 Å². The zero-order valence-electron chi connectivity index (χ0n) is 11.2. The Kier molecular flexibility index (Phi) is 5.85. The lowest BCUT2D eigenvalue weighted by Gasteiger charge is -2.06. The maximum Gasteiger partial charge on any atom is 0.125 e. The van der Waals surface area contributed by atoms with Gasteiger partial charge in [0.05, 0.1) is 6.61 Å². The molecule has 0 bridgehead atoms. The van der Waals surface area contributed by atoms with Crippen LogP contribution in [0.5, 0.6) is 11.5 Å². The van der Waals surface area contributed by atoms with E-state index in [-0.39, 0.29) is 20.3 Å². The van der Waals surface area contributed by atoms with E-state index >= 15 is 0 Å². The zero-order chi connectivity index (χ0) is 14.2. The van der Waals surface area contributed by atoms with E-state index in [4.69, 9.17) is 4.52 Å². The maximum atomic E-state index is 9.60. The van der Waals surface area contributed by atoms with Gasteiger partial charge in [-0.1, -0.05) is 30.3 Å². The molecular weight excluding hydrogens is 271 g/mol. The number of aryl methyl sites for hydroxylation is 1. The third-order valence-electron chi connectivity index (χ3n) is 2.97. The molecule has 0 aliphatic carbocycles. The second-order valence-corrected chi connectivity index (χ2v) is 5.63. The molecule has 0 saturated heterocycles. The Balaban J connectivity index is 1.63. The SMILES string of the molecule is Oc1ccc(O)c(POCCCCc2ccccc2)c1. The Morgan fingerprint density at radius 1 is 0.950 bits per heavy atom. The predicted molar refractivity (Wildman–Crippen MR) is 83.1 cm³/mol. The molecule has 0 spiro atoms. The largest absolute Gasteiger partial charge is 0.508 e. The number of rotatable bonds is 7. The van der Waals surface area contributed by atoms with Crippen molar-refractivity contribution in [1.29, 1.82) is 0 Å². The molecule has 0 radical (unpaired) electrons. The van der Waals surface area contributed by atoms with Crippen LogP contribution in [0.3, 0.4) is 0 Å². The van der Waals surface area contributed by atoms with Crippen molar-refractivity contribution < 1.29 is 14.7 Å². The van der Waals surface area contributed by atoms with Gasteiger partial charge in [0.15, 0.2) is 0 Å². The smallest absolute Gasteiger partial charge is 0.125 e. The van der Waals surface area contributed by atoms with E-state index in [1.807, 2.05) is 6.07 Å². The second-order valence-electron chi connectivity index (χ2n) is 4.59. The van der Waals surface area contributed by atoms with Gasteiger partial charge in [-0.3, -0.25) is 0 Å². The van der Waals surface area contributed by atoms with Crippen LogP contribution in [0.15, 0.2) is 48.5 Å². The van der Waals surface area contributed by atoms with Crippen LogP contribution in [0.25, 0.3) is 0 Å². The fraction of sp³-hybridized carbons (Fsp3) is 0.250. The highest BCUT2D eigenvalue weighted by Gasteiger charge is 2.02. The molecule has 1 unspecified atom stereocenters. The first-order valence-corrected chi connectivity index (χ1v) is 7.60. The first kappa shape index (κ1) is 14.8. The van der Waals surface area contributed by atoms with Gasteiger partial charge in [0.25, 0.3) is 0 Å². The molecule has 106 valence electrons. The van der Waals surface area contributed by atoms with Crippen LogP contribution < -0.4 is 5.30 Å². The Morgan fingerprint density at radius 2 is 1.75 bits per heavy atom. The van der Waals surface area contributed by atoms with Crippen LogP contribution in [-0.2, 0) is 10.9 Å². The summed E-state index contributed by atoms with van der Waals surface area (Å²) in [6, 6.07) is 14.9. The second kappa shape index (κ2) is 7.88. The van der Waals surface area contributed by atoms with Gasteiger partial charge in [0, 0.05) is 14.1 Å². The summed E-state index contributed by atoms with van der Waals surface area (Å²) in [6.45, 7) is 0.667. The van der Waals surface area contributed by atoms with E-state index in [9.17, 15) is 10.2 Å². The van der Waals surface area contributed by atoms with Gasteiger partial charge in [-0.2, -0.15) is 0 Å². The average molecular weight is 290 g/mol. The molecule has 0 heterocycles. The van der Waals surface area contributed by atoms with Gasteiger partial charge in [0.1, 0.15) is 11.5 Å². The Bertz CT molecular complexity index is 529. The van der Waals surface area contributed by atoms with Crippen LogP contribution in [0, 0.1) is 0 Å². The number of hydrogen-bond acceptors (Lipinski definition) is 3. The molecule has 3 nitrogen and oxygen atoms in total. The fourth-order valence-corrected chi connectivity index (χ4v) is 2.68.